The number of amides is 1. The molecule has 2 aromatic carbocycles. The fourth-order valence-electron chi connectivity index (χ4n) is 3.40. The molecule has 10 heteroatoms. The lowest BCUT2D eigenvalue weighted by molar-refractivity contribution is -0.115. The van der Waals surface area contributed by atoms with Crippen molar-refractivity contribution in [1.82, 2.24) is 19.7 Å². The van der Waals surface area contributed by atoms with Crippen LogP contribution in [0.4, 0.5) is 18.9 Å². The van der Waals surface area contributed by atoms with Crippen molar-refractivity contribution in [3.8, 4) is 0 Å². The lowest BCUT2D eigenvalue weighted by Crippen LogP contribution is -2.25. The number of thioether (sulfide) groups is 1. The van der Waals surface area contributed by atoms with Gasteiger partial charge in [0.2, 0.25) is 5.91 Å². The van der Waals surface area contributed by atoms with Crippen LogP contribution in [0.3, 0.4) is 0 Å². The molecule has 0 saturated carbocycles. The van der Waals surface area contributed by atoms with E-state index in [0.717, 1.165) is 41.7 Å². The standard InChI is InChI=1S/C23H26F3N5OS/c1-5-18(30(3)4)21-28-29-23(31(21)13-15-9-7-6-8-10-15)33-14(2)22(32)27-17-12-11-16(24)19(25)20(17)26/h6-12,14,18H,5,13H2,1-4H3,(H,27,32)/t14-,18+/m1/s1. The van der Waals surface area contributed by atoms with Crippen molar-refractivity contribution >= 4 is 23.4 Å². The molecule has 0 aliphatic rings. The van der Waals surface area contributed by atoms with Gasteiger partial charge in [0.25, 0.3) is 0 Å². The number of halogens is 3. The zero-order valence-electron chi connectivity index (χ0n) is 18.8. The zero-order valence-corrected chi connectivity index (χ0v) is 19.7. The highest BCUT2D eigenvalue weighted by molar-refractivity contribution is 8.00. The number of anilines is 1. The van der Waals surface area contributed by atoms with Gasteiger partial charge in [-0.25, -0.2) is 13.2 Å². The second kappa shape index (κ2) is 10.8. The Morgan fingerprint density at radius 2 is 1.79 bits per heavy atom. The van der Waals surface area contributed by atoms with Gasteiger partial charge in [-0.15, -0.1) is 10.2 Å². The first-order valence-corrected chi connectivity index (χ1v) is 11.3. The van der Waals surface area contributed by atoms with E-state index in [4.69, 9.17) is 0 Å². The molecule has 0 bridgehead atoms. The van der Waals surface area contributed by atoms with E-state index in [2.05, 4.69) is 27.3 Å². The summed E-state index contributed by atoms with van der Waals surface area (Å²) in [6, 6.07) is 11.6. The summed E-state index contributed by atoms with van der Waals surface area (Å²) in [5, 5.41) is 10.9. The minimum absolute atomic E-state index is 0.0241. The van der Waals surface area contributed by atoms with Gasteiger partial charge in [0, 0.05) is 0 Å². The van der Waals surface area contributed by atoms with Crippen molar-refractivity contribution < 1.29 is 18.0 Å². The largest absolute Gasteiger partial charge is 0.323 e. The maximum atomic E-state index is 14.0. The van der Waals surface area contributed by atoms with E-state index in [1.54, 1.807) is 6.92 Å². The second-order valence-electron chi connectivity index (χ2n) is 7.77. The lowest BCUT2D eigenvalue weighted by atomic mass is 10.2. The third kappa shape index (κ3) is 5.75. The Balaban J connectivity index is 1.85. The van der Waals surface area contributed by atoms with Crippen LogP contribution in [0.2, 0.25) is 0 Å². The number of hydrogen-bond donors (Lipinski definition) is 1. The number of aromatic nitrogens is 3. The first-order valence-electron chi connectivity index (χ1n) is 10.5. The Labute approximate surface area is 195 Å². The van der Waals surface area contributed by atoms with Crippen LogP contribution in [-0.2, 0) is 11.3 Å². The van der Waals surface area contributed by atoms with Crippen LogP contribution in [0.25, 0.3) is 0 Å². The molecule has 1 amide bonds. The average Bonchev–Trinajstić information content (AvgIpc) is 3.16. The number of rotatable bonds is 9. The number of nitrogens with zero attached hydrogens (tertiary/aromatic N) is 4. The van der Waals surface area contributed by atoms with E-state index in [9.17, 15) is 18.0 Å². The SMILES string of the molecule is CC[C@@H](c1nnc(S[C@H](C)C(=O)Nc2ccc(F)c(F)c2F)n1Cc1ccccc1)N(C)C. The Hall–Kier alpha value is -2.85. The minimum Gasteiger partial charge on any atom is -0.323 e. The van der Waals surface area contributed by atoms with Crippen LogP contribution < -0.4 is 5.32 Å². The van der Waals surface area contributed by atoms with Crippen LogP contribution in [0.1, 0.15) is 37.7 Å². The van der Waals surface area contributed by atoms with Crippen molar-refractivity contribution in [2.45, 2.75) is 43.3 Å². The van der Waals surface area contributed by atoms with Gasteiger partial charge >= 0.3 is 0 Å². The summed E-state index contributed by atoms with van der Waals surface area (Å²) < 4.78 is 42.6. The fourth-order valence-corrected chi connectivity index (χ4v) is 4.25. The zero-order chi connectivity index (χ0) is 24.1. The third-order valence-corrected chi connectivity index (χ3v) is 6.26. The molecule has 0 spiro atoms. The quantitative estimate of drug-likeness (QED) is 0.352. The van der Waals surface area contributed by atoms with Gasteiger partial charge in [0.15, 0.2) is 28.4 Å². The molecule has 0 aliphatic heterocycles. The molecular weight excluding hydrogens is 451 g/mol. The number of carbonyl (C=O) groups excluding carboxylic acids is 1. The van der Waals surface area contributed by atoms with Crippen LogP contribution >= 0.6 is 11.8 Å². The maximum Gasteiger partial charge on any atom is 0.237 e. The smallest absolute Gasteiger partial charge is 0.237 e. The molecule has 3 aromatic rings. The summed E-state index contributed by atoms with van der Waals surface area (Å²) in [4.78, 5) is 14.7. The predicted molar refractivity (Wildman–Crippen MR) is 123 cm³/mol. The Morgan fingerprint density at radius 3 is 2.42 bits per heavy atom. The topological polar surface area (TPSA) is 63.1 Å². The van der Waals surface area contributed by atoms with Crippen molar-refractivity contribution in [3.63, 3.8) is 0 Å². The summed E-state index contributed by atoms with van der Waals surface area (Å²) in [5.74, 6) is -4.18. The minimum atomic E-state index is -1.63. The molecule has 0 unspecified atom stereocenters. The van der Waals surface area contributed by atoms with Crippen molar-refractivity contribution in [2.75, 3.05) is 19.4 Å². The van der Waals surface area contributed by atoms with Gasteiger partial charge < -0.3 is 9.88 Å². The number of nitrogens with one attached hydrogen (secondary N) is 1. The normalized spacial score (nSPS) is 13.2. The molecule has 0 aliphatic carbocycles. The first kappa shape index (κ1) is 24.8. The van der Waals surface area contributed by atoms with Crippen molar-refractivity contribution in [2.24, 2.45) is 0 Å². The Kier molecular flexibility index (Phi) is 8.15. The second-order valence-corrected chi connectivity index (χ2v) is 9.08. The molecular formula is C23H26F3N5OS. The highest BCUT2D eigenvalue weighted by Gasteiger charge is 2.26. The summed E-state index contributed by atoms with van der Waals surface area (Å²) in [7, 11) is 3.93. The fraction of sp³-hybridized carbons (Fsp3) is 0.348. The van der Waals surface area contributed by atoms with Crippen LogP contribution in [-0.4, -0.2) is 44.9 Å². The third-order valence-electron chi connectivity index (χ3n) is 5.18. The molecule has 33 heavy (non-hydrogen) atoms. The molecule has 0 saturated heterocycles. The van der Waals surface area contributed by atoms with Crippen molar-refractivity contribution in [1.29, 1.82) is 0 Å². The number of benzene rings is 2. The summed E-state index contributed by atoms with van der Waals surface area (Å²) in [6.07, 6.45) is 0.816. The summed E-state index contributed by atoms with van der Waals surface area (Å²) in [5.41, 5.74) is 0.631. The van der Waals surface area contributed by atoms with Gasteiger partial charge in [0.05, 0.1) is 23.5 Å². The van der Waals surface area contributed by atoms with E-state index in [-0.39, 0.29) is 6.04 Å². The molecule has 2 atom stereocenters. The van der Waals surface area contributed by atoms with Gasteiger partial charge in [-0.2, -0.15) is 0 Å². The molecule has 3 rings (SSSR count). The number of hydrogen-bond acceptors (Lipinski definition) is 5. The van der Waals surface area contributed by atoms with E-state index in [1.807, 2.05) is 49.0 Å². The molecule has 1 aromatic heterocycles. The highest BCUT2D eigenvalue weighted by atomic mass is 32.2. The van der Waals surface area contributed by atoms with Crippen LogP contribution in [0.5, 0.6) is 0 Å². The number of carbonyl (C=O) groups is 1. The first-order chi connectivity index (χ1) is 15.7. The molecule has 0 radical (unpaired) electrons. The maximum absolute atomic E-state index is 14.0. The average molecular weight is 478 g/mol. The van der Waals surface area contributed by atoms with Gasteiger partial charge in [-0.1, -0.05) is 49.0 Å². The molecule has 176 valence electrons. The van der Waals surface area contributed by atoms with Gasteiger partial charge in [0.1, 0.15) is 0 Å². The molecule has 1 N–H and O–H groups in total. The van der Waals surface area contributed by atoms with E-state index in [0.29, 0.717) is 11.7 Å². The molecule has 1 heterocycles. The lowest BCUT2D eigenvalue weighted by Gasteiger charge is -2.23. The van der Waals surface area contributed by atoms with Crippen molar-refractivity contribution in [3.05, 3.63) is 71.3 Å². The van der Waals surface area contributed by atoms with E-state index in [1.165, 1.54) is 0 Å². The summed E-state index contributed by atoms with van der Waals surface area (Å²) >= 11 is 1.16. The van der Waals surface area contributed by atoms with E-state index < -0.39 is 34.3 Å². The highest BCUT2D eigenvalue weighted by Crippen LogP contribution is 2.29. The molecule has 0 fully saturated rings. The van der Waals surface area contributed by atoms with E-state index >= 15 is 0 Å². The Morgan fingerprint density at radius 1 is 1.09 bits per heavy atom. The molecule has 6 nitrogen and oxygen atoms in total. The van der Waals surface area contributed by atoms with Gasteiger partial charge in [-0.05, 0) is 45.1 Å². The van der Waals surface area contributed by atoms with Gasteiger partial charge in [-0.3, -0.25) is 9.69 Å². The monoisotopic (exact) mass is 477 g/mol. The van der Waals surface area contributed by atoms with Crippen LogP contribution in [0.15, 0.2) is 47.6 Å². The van der Waals surface area contributed by atoms with Crippen LogP contribution in [0, 0.1) is 17.5 Å². The summed E-state index contributed by atoms with van der Waals surface area (Å²) in [6.45, 7) is 4.20. The Bertz CT molecular complexity index is 1110. The predicted octanol–water partition coefficient (Wildman–Crippen LogP) is 4.88.